The first-order valence-corrected chi connectivity index (χ1v) is 3.29. The molecule has 0 atom stereocenters. The van der Waals surface area contributed by atoms with Crippen LogP contribution in [0.5, 0.6) is 0 Å². The lowest BCUT2D eigenvalue weighted by Crippen LogP contribution is -1.71. The SMILES string of the molecule is CC=C(C)OSC. The molecule has 2 heteroatoms. The highest BCUT2D eigenvalue weighted by molar-refractivity contribution is 7.94. The Bertz CT molecular complexity index is 68.5. The summed E-state index contributed by atoms with van der Waals surface area (Å²) in [6.07, 6.45) is 3.82. The van der Waals surface area contributed by atoms with Crippen molar-refractivity contribution in [3.63, 3.8) is 0 Å². The zero-order valence-electron chi connectivity index (χ0n) is 4.89. The highest BCUT2D eigenvalue weighted by Gasteiger charge is 1.79. The van der Waals surface area contributed by atoms with Crippen molar-refractivity contribution in [2.75, 3.05) is 6.26 Å². The van der Waals surface area contributed by atoms with Gasteiger partial charge in [0, 0.05) is 6.26 Å². The van der Waals surface area contributed by atoms with E-state index in [0.29, 0.717) is 0 Å². The van der Waals surface area contributed by atoms with Crippen molar-refractivity contribution >= 4 is 12.0 Å². The van der Waals surface area contributed by atoms with Crippen LogP contribution in [0.4, 0.5) is 0 Å². The van der Waals surface area contributed by atoms with E-state index in [9.17, 15) is 0 Å². The summed E-state index contributed by atoms with van der Waals surface area (Å²) in [5.74, 6) is 0.965. The molecule has 0 bridgehead atoms. The van der Waals surface area contributed by atoms with E-state index in [2.05, 4.69) is 0 Å². The summed E-state index contributed by atoms with van der Waals surface area (Å²) in [4.78, 5) is 0. The molecule has 0 aromatic carbocycles. The number of hydrogen-bond acceptors (Lipinski definition) is 2. The Morgan fingerprint density at radius 1 is 1.71 bits per heavy atom. The van der Waals surface area contributed by atoms with Gasteiger partial charge in [-0.3, -0.25) is 0 Å². The van der Waals surface area contributed by atoms with Gasteiger partial charge in [0.1, 0.15) is 5.76 Å². The molecule has 0 N–H and O–H groups in total. The zero-order chi connectivity index (χ0) is 5.70. The van der Waals surface area contributed by atoms with Crippen LogP contribution < -0.4 is 0 Å². The van der Waals surface area contributed by atoms with E-state index in [0.717, 1.165) is 5.76 Å². The highest BCUT2D eigenvalue weighted by atomic mass is 32.2. The third kappa shape index (κ3) is 3.73. The van der Waals surface area contributed by atoms with Crippen LogP contribution in [0, 0.1) is 0 Å². The fourth-order valence-electron chi connectivity index (χ4n) is 0.180. The highest BCUT2D eigenvalue weighted by Crippen LogP contribution is 2.03. The van der Waals surface area contributed by atoms with Crippen LogP contribution in [-0.4, -0.2) is 6.26 Å². The van der Waals surface area contributed by atoms with E-state index >= 15 is 0 Å². The molecule has 0 fully saturated rings. The lowest BCUT2D eigenvalue weighted by atomic mass is 10.5. The van der Waals surface area contributed by atoms with E-state index < -0.39 is 0 Å². The van der Waals surface area contributed by atoms with Crippen molar-refractivity contribution in [2.24, 2.45) is 0 Å². The molecule has 0 spiro atoms. The predicted molar refractivity (Wildman–Crippen MR) is 34.0 cm³/mol. The second-order valence-corrected chi connectivity index (χ2v) is 1.65. The van der Waals surface area contributed by atoms with Crippen LogP contribution in [0.15, 0.2) is 11.8 Å². The molecule has 0 saturated carbocycles. The molecular formula is C5H10OS. The molecule has 0 heterocycles. The predicted octanol–water partition coefficient (Wildman–Crippen LogP) is 2.20. The van der Waals surface area contributed by atoms with Crippen molar-refractivity contribution in [1.29, 1.82) is 0 Å². The van der Waals surface area contributed by atoms with Gasteiger partial charge in [0.25, 0.3) is 0 Å². The lowest BCUT2D eigenvalue weighted by Gasteiger charge is -1.95. The Hall–Kier alpha value is -0.110. The third-order valence-corrected chi connectivity index (χ3v) is 1.05. The van der Waals surface area contributed by atoms with Gasteiger partial charge < -0.3 is 4.18 Å². The van der Waals surface area contributed by atoms with Crippen molar-refractivity contribution < 1.29 is 4.18 Å². The van der Waals surface area contributed by atoms with Gasteiger partial charge in [-0.05, 0) is 19.9 Å². The van der Waals surface area contributed by atoms with Crippen LogP contribution >= 0.6 is 12.0 Å². The molecule has 0 aromatic rings. The second kappa shape index (κ2) is 4.06. The average molecular weight is 118 g/mol. The van der Waals surface area contributed by atoms with E-state index in [1.807, 2.05) is 26.2 Å². The first-order valence-electron chi connectivity index (χ1n) is 2.15. The summed E-state index contributed by atoms with van der Waals surface area (Å²) in [6.45, 7) is 3.88. The molecule has 7 heavy (non-hydrogen) atoms. The maximum atomic E-state index is 4.97. The Morgan fingerprint density at radius 2 is 2.29 bits per heavy atom. The molecule has 0 aliphatic rings. The van der Waals surface area contributed by atoms with E-state index in [1.165, 1.54) is 12.0 Å². The topological polar surface area (TPSA) is 9.23 Å². The summed E-state index contributed by atoms with van der Waals surface area (Å²) < 4.78 is 4.97. The molecule has 0 saturated heterocycles. The molecule has 0 amide bonds. The van der Waals surface area contributed by atoms with E-state index in [-0.39, 0.29) is 0 Å². The standard InChI is InChI=1S/C5H10OS/c1-4-5(2)6-7-3/h4H,1-3H3. The summed E-state index contributed by atoms with van der Waals surface area (Å²) in [5.41, 5.74) is 0. The van der Waals surface area contributed by atoms with Gasteiger partial charge >= 0.3 is 0 Å². The summed E-state index contributed by atoms with van der Waals surface area (Å²) in [7, 11) is 0. The van der Waals surface area contributed by atoms with Crippen LogP contribution in [0.25, 0.3) is 0 Å². The fourth-order valence-corrected chi connectivity index (χ4v) is 0.539. The fraction of sp³-hybridized carbons (Fsp3) is 0.600. The smallest absolute Gasteiger partial charge is 0.107 e. The van der Waals surface area contributed by atoms with E-state index in [4.69, 9.17) is 4.18 Å². The van der Waals surface area contributed by atoms with Crippen molar-refractivity contribution in [1.82, 2.24) is 0 Å². The van der Waals surface area contributed by atoms with Gasteiger partial charge in [-0.2, -0.15) is 0 Å². The minimum atomic E-state index is 0.965. The molecule has 42 valence electrons. The molecule has 0 rings (SSSR count). The number of allylic oxidation sites excluding steroid dienone is 2. The first-order chi connectivity index (χ1) is 3.31. The minimum Gasteiger partial charge on any atom is -0.431 e. The Balaban J connectivity index is 3.17. The van der Waals surface area contributed by atoms with Crippen LogP contribution in [-0.2, 0) is 4.18 Å². The quantitative estimate of drug-likeness (QED) is 0.406. The van der Waals surface area contributed by atoms with Crippen LogP contribution in [0.1, 0.15) is 13.8 Å². The lowest BCUT2D eigenvalue weighted by molar-refractivity contribution is 0.503. The molecule has 1 nitrogen and oxygen atoms in total. The Morgan fingerprint density at radius 3 is 2.43 bits per heavy atom. The van der Waals surface area contributed by atoms with Gasteiger partial charge in [0.05, 0.1) is 12.0 Å². The molecule has 0 radical (unpaired) electrons. The third-order valence-electron chi connectivity index (χ3n) is 0.621. The van der Waals surface area contributed by atoms with Crippen molar-refractivity contribution in [3.8, 4) is 0 Å². The molecule has 0 aliphatic heterocycles. The van der Waals surface area contributed by atoms with Gasteiger partial charge in [-0.15, -0.1) is 0 Å². The number of hydrogen-bond donors (Lipinski definition) is 0. The summed E-state index contributed by atoms with van der Waals surface area (Å²) >= 11 is 1.37. The van der Waals surface area contributed by atoms with Gasteiger partial charge in [0.15, 0.2) is 0 Å². The zero-order valence-corrected chi connectivity index (χ0v) is 5.71. The first kappa shape index (κ1) is 6.89. The molecule has 0 aliphatic carbocycles. The molecule has 0 unspecified atom stereocenters. The second-order valence-electron chi connectivity index (χ2n) is 1.15. The largest absolute Gasteiger partial charge is 0.431 e. The minimum absolute atomic E-state index is 0.965. The van der Waals surface area contributed by atoms with Crippen LogP contribution in [0.3, 0.4) is 0 Å². The normalized spacial score (nSPS) is 11.6. The Labute approximate surface area is 49.0 Å². The Kier molecular flexibility index (Phi) is 4.00. The maximum Gasteiger partial charge on any atom is 0.107 e. The van der Waals surface area contributed by atoms with Crippen molar-refractivity contribution in [2.45, 2.75) is 13.8 Å². The molecular weight excluding hydrogens is 108 g/mol. The summed E-state index contributed by atoms with van der Waals surface area (Å²) in [6, 6.07) is 0. The van der Waals surface area contributed by atoms with Gasteiger partial charge in [-0.1, -0.05) is 0 Å². The van der Waals surface area contributed by atoms with Crippen molar-refractivity contribution in [3.05, 3.63) is 11.8 Å². The average Bonchev–Trinajstić information content (AvgIpc) is 1.68. The van der Waals surface area contributed by atoms with E-state index in [1.54, 1.807) is 0 Å². The maximum absolute atomic E-state index is 4.97. The monoisotopic (exact) mass is 118 g/mol. The van der Waals surface area contributed by atoms with Gasteiger partial charge in [-0.25, -0.2) is 0 Å². The summed E-state index contributed by atoms with van der Waals surface area (Å²) in [5, 5.41) is 0. The molecule has 0 aromatic heterocycles. The number of rotatable bonds is 2. The van der Waals surface area contributed by atoms with Gasteiger partial charge in [0.2, 0.25) is 0 Å². The van der Waals surface area contributed by atoms with Crippen LogP contribution in [0.2, 0.25) is 0 Å².